The summed E-state index contributed by atoms with van der Waals surface area (Å²) in [7, 11) is 0. The summed E-state index contributed by atoms with van der Waals surface area (Å²) in [6, 6.07) is 4.69. The molecule has 14 heavy (non-hydrogen) atoms. The first-order chi connectivity index (χ1) is 6.56. The second-order valence-corrected chi connectivity index (χ2v) is 4.74. The Bertz CT molecular complexity index is 401. The van der Waals surface area contributed by atoms with Crippen molar-refractivity contribution in [2.24, 2.45) is 0 Å². The van der Waals surface area contributed by atoms with E-state index < -0.39 is 10.7 Å². The summed E-state index contributed by atoms with van der Waals surface area (Å²) in [6.07, 6.45) is 1.29. The lowest BCUT2D eigenvalue weighted by Gasteiger charge is -2.11. The number of benzene rings is 1. The van der Waals surface area contributed by atoms with Crippen molar-refractivity contribution in [3.05, 3.63) is 34.1 Å². The highest BCUT2D eigenvalue weighted by atomic mass is 79.9. The Morgan fingerprint density at radius 1 is 1.50 bits per heavy atom. The van der Waals surface area contributed by atoms with Gasteiger partial charge < -0.3 is 0 Å². The molecule has 1 fully saturated rings. The van der Waals surface area contributed by atoms with Crippen LogP contribution in [0.2, 0.25) is 0 Å². The maximum absolute atomic E-state index is 13.5. The van der Waals surface area contributed by atoms with Gasteiger partial charge in [0.15, 0.2) is 0 Å². The normalized spacial score (nSPS) is 17.9. The second kappa shape index (κ2) is 3.31. The first-order valence-corrected chi connectivity index (χ1v) is 5.39. The number of hydrogen-bond donors (Lipinski definition) is 0. The zero-order valence-electron chi connectivity index (χ0n) is 7.19. The van der Waals surface area contributed by atoms with E-state index in [1.165, 1.54) is 6.07 Å². The zero-order chi connectivity index (χ0) is 10.3. The van der Waals surface area contributed by atoms with Crippen molar-refractivity contribution in [1.82, 2.24) is 0 Å². The van der Waals surface area contributed by atoms with Gasteiger partial charge >= 0.3 is 0 Å². The molecule has 0 unspecified atom stereocenters. The van der Waals surface area contributed by atoms with Gasteiger partial charge in [-0.2, -0.15) is 0 Å². The third kappa shape index (κ3) is 1.48. The molecule has 0 atom stereocenters. The van der Waals surface area contributed by atoms with E-state index in [0.29, 0.717) is 22.9 Å². The first-order valence-electron chi connectivity index (χ1n) is 4.22. The Labute approximate surface area is 94.4 Å². The Hall–Kier alpha value is -0.410. The smallest absolute Gasteiger partial charge is 0.232 e. The summed E-state index contributed by atoms with van der Waals surface area (Å²) in [6.45, 7) is 0. The van der Waals surface area contributed by atoms with E-state index in [-0.39, 0.29) is 5.82 Å². The van der Waals surface area contributed by atoms with Gasteiger partial charge in [-0.05, 0) is 36.6 Å². The van der Waals surface area contributed by atoms with E-state index in [4.69, 9.17) is 11.6 Å². The average molecular weight is 278 g/mol. The molecule has 4 heteroatoms. The lowest BCUT2D eigenvalue weighted by atomic mass is 9.97. The topological polar surface area (TPSA) is 17.1 Å². The highest BCUT2D eigenvalue weighted by Crippen LogP contribution is 2.50. The van der Waals surface area contributed by atoms with Crippen molar-refractivity contribution in [1.29, 1.82) is 0 Å². The zero-order valence-corrected chi connectivity index (χ0v) is 9.53. The molecule has 0 bridgehead atoms. The quantitative estimate of drug-likeness (QED) is 0.757. The number of rotatable bonds is 2. The number of carbonyl (C=O) groups excluding carboxylic acids is 1. The maximum atomic E-state index is 13.5. The van der Waals surface area contributed by atoms with Crippen molar-refractivity contribution < 1.29 is 9.18 Å². The van der Waals surface area contributed by atoms with E-state index in [1.807, 2.05) is 0 Å². The highest BCUT2D eigenvalue weighted by Gasteiger charge is 2.51. The maximum Gasteiger partial charge on any atom is 0.232 e. The van der Waals surface area contributed by atoms with Crippen LogP contribution in [0.25, 0.3) is 0 Å². The van der Waals surface area contributed by atoms with Crippen LogP contribution in [-0.2, 0) is 10.2 Å². The monoisotopic (exact) mass is 276 g/mol. The molecule has 0 spiro atoms. The molecule has 0 heterocycles. The predicted octanol–water partition coefficient (Wildman–Crippen LogP) is 3.39. The molecule has 0 aliphatic heterocycles. The lowest BCUT2D eigenvalue weighted by molar-refractivity contribution is -0.113. The van der Waals surface area contributed by atoms with Gasteiger partial charge in [-0.25, -0.2) is 4.39 Å². The van der Waals surface area contributed by atoms with Gasteiger partial charge in [-0.3, -0.25) is 4.79 Å². The van der Waals surface area contributed by atoms with Gasteiger partial charge in [-0.1, -0.05) is 22.0 Å². The number of carbonyl (C=O) groups is 1. The minimum Gasteiger partial charge on any atom is -0.280 e. The highest BCUT2D eigenvalue weighted by molar-refractivity contribution is 9.10. The third-order valence-electron chi connectivity index (χ3n) is 2.57. The van der Waals surface area contributed by atoms with Crippen molar-refractivity contribution in [3.8, 4) is 0 Å². The van der Waals surface area contributed by atoms with Crippen LogP contribution in [0.3, 0.4) is 0 Å². The summed E-state index contributed by atoms with van der Waals surface area (Å²) in [4.78, 5) is 11.2. The van der Waals surface area contributed by atoms with E-state index in [9.17, 15) is 9.18 Å². The SMILES string of the molecule is O=C(Cl)C1(c2ccc(Br)cc2F)CC1. The van der Waals surface area contributed by atoms with Gasteiger partial charge in [0.05, 0.1) is 5.41 Å². The summed E-state index contributed by atoms with van der Waals surface area (Å²) in [5, 5.41) is -0.460. The predicted molar refractivity (Wildman–Crippen MR) is 55.9 cm³/mol. The van der Waals surface area contributed by atoms with Gasteiger partial charge in [-0.15, -0.1) is 0 Å². The standard InChI is InChI=1S/C10H7BrClFO/c11-6-1-2-7(8(13)5-6)10(3-4-10)9(12)14/h1-2,5H,3-4H2. The largest absolute Gasteiger partial charge is 0.280 e. The van der Waals surface area contributed by atoms with E-state index in [0.717, 1.165) is 0 Å². The molecule has 0 amide bonds. The van der Waals surface area contributed by atoms with Gasteiger partial charge in [0, 0.05) is 10.0 Å². The van der Waals surface area contributed by atoms with Crippen LogP contribution in [0.5, 0.6) is 0 Å². The van der Waals surface area contributed by atoms with Crippen molar-refractivity contribution in [2.45, 2.75) is 18.3 Å². The Morgan fingerprint density at radius 3 is 2.57 bits per heavy atom. The molecule has 74 valence electrons. The van der Waals surface area contributed by atoms with E-state index >= 15 is 0 Å². The van der Waals surface area contributed by atoms with Gasteiger partial charge in [0.1, 0.15) is 5.82 Å². The molecule has 1 nitrogen and oxygen atoms in total. The van der Waals surface area contributed by atoms with Crippen LogP contribution >= 0.6 is 27.5 Å². The molecule has 1 aliphatic rings. The van der Waals surface area contributed by atoms with Crippen molar-refractivity contribution >= 4 is 32.8 Å². The lowest BCUT2D eigenvalue weighted by Crippen LogP contribution is -2.16. The van der Waals surface area contributed by atoms with Crippen LogP contribution in [0.15, 0.2) is 22.7 Å². The molecule has 1 aromatic carbocycles. The molecule has 2 rings (SSSR count). The fourth-order valence-corrected chi connectivity index (χ4v) is 2.20. The van der Waals surface area contributed by atoms with Gasteiger partial charge in [0.2, 0.25) is 5.24 Å². The van der Waals surface area contributed by atoms with E-state index in [2.05, 4.69) is 15.9 Å². The minimum atomic E-state index is -0.744. The van der Waals surface area contributed by atoms with Crippen molar-refractivity contribution in [3.63, 3.8) is 0 Å². The van der Waals surface area contributed by atoms with Crippen LogP contribution in [-0.4, -0.2) is 5.24 Å². The van der Waals surface area contributed by atoms with Crippen LogP contribution < -0.4 is 0 Å². The molecular weight excluding hydrogens is 270 g/mol. The third-order valence-corrected chi connectivity index (χ3v) is 3.43. The molecule has 0 radical (unpaired) electrons. The number of halogens is 3. The first kappa shape index (κ1) is 10.1. The second-order valence-electron chi connectivity index (χ2n) is 3.48. The summed E-state index contributed by atoms with van der Waals surface area (Å²) < 4.78 is 14.2. The molecular formula is C10H7BrClFO. The fourth-order valence-electron chi connectivity index (χ4n) is 1.57. The van der Waals surface area contributed by atoms with Crippen molar-refractivity contribution in [2.75, 3.05) is 0 Å². The molecule has 0 N–H and O–H groups in total. The number of hydrogen-bond acceptors (Lipinski definition) is 1. The minimum absolute atomic E-state index is 0.370. The van der Waals surface area contributed by atoms with Crippen LogP contribution in [0, 0.1) is 5.82 Å². The summed E-state index contributed by atoms with van der Waals surface area (Å²) in [5.74, 6) is -0.370. The fraction of sp³-hybridized carbons (Fsp3) is 0.300. The average Bonchev–Trinajstić information content (AvgIpc) is 2.84. The van der Waals surface area contributed by atoms with Crippen LogP contribution in [0.1, 0.15) is 18.4 Å². The Kier molecular flexibility index (Phi) is 2.40. The summed E-state index contributed by atoms with van der Waals surface area (Å²) in [5.41, 5.74) is -0.326. The molecule has 0 aromatic heterocycles. The Morgan fingerprint density at radius 2 is 2.14 bits per heavy atom. The molecule has 1 aromatic rings. The van der Waals surface area contributed by atoms with Crippen LogP contribution in [0.4, 0.5) is 4.39 Å². The summed E-state index contributed by atoms with van der Waals surface area (Å²) >= 11 is 8.62. The molecule has 0 saturated heterocycles. The molecule has 1 aliphatic carbocycles. The Balaban J connectivity index is 2.47. The van der Waals surface area contributed by atoms with E-state index in [1.54, 1.807) is 12.1 Å². The van der Waals surface area contributed by atoms with Gasteiger partial charge in [0.25, 0.3) is 0 Å². The molecule has 1 saturated carbocycles.